The van der Waals surface area contributed by atoms with E-state index in [1.165, 1.54) is 5.56 Å². The third kappa shape index (κ3) is 3.81. The molecular formula is C18H17IN4O. The fourth-order valence-electron chi connectivity index (χ4n) is 2.39. The normalized spacial score (nSPS) is 10.6. The van der Waals surface area contributed by atoms with Crippen molar-refractivity contribution in [2.24, 2.45) is 0 Å². The molecule has 24 heavy (non-hydrogen) atoms. The summed E-state index contributed by atoms with van der Waals surface area (Å²) in [6, 6.07) is 19.4. The summed E-state index contributed by atoms with van der Waals surface area (Å²) in [5.41, 5.74) is 2.64. The molecule has 2 aromatic carbocycles. The van der Waals surface area contributed by atoms with Crippen molar-refractivity contribution in [2.45, 2.75) is 13.1 Å². The lowest BCUT2D eigenvalue weighted by Gasteiger charge is -2.16. The van der Waals surface area contributed by atoms with E-state index in [1.54, 1.807) is 11.9 Å². The molecule has 0 saturated heterocycles. The molecule has 0 fully saturated rings. The van der Waals surface area contributed by atoms with Gasteiger partial charge < -0.3 is 4.90 Å². The Hall–Kier alpha value is -2.22. The van der Waals surface area contributed by atoms with Gasteiger partial charge in [-0.15, -0.1) is 5.10 Å². The van der Waals surface area contributed by atoms with Gasteiger partial charge >= 0.3 is 0 Å². The molecule has 3 rings (SSSR count). The zero-order valence-corrected chi connectivity index (χ0v) is 15.4. The van der Waals surface area contributed by atoms with E-state index in [2.05, 4.69) is 45.0 Å². The molecule has 0 bridgehead atoms. The van der Waals surface area contributed by atoms with E-state index in [1.807, 2.05) is 53.2 Å². The van der Waals surface area contributed by atoms with Gasteiger partial charge in [0, 0.05) is 12.6 Å². The first-order chi connectivity index (χ1) is 11.6. The third-order valence-corrected chi connectivity index (χ3v) is 4.85. The minimum atomic E-state index is -0.0241. The number of halogens is 1. The Morgan fingerprint density at radius 2 is 1.71 bits per heavy atom. The Labute approximate surface area is 154 Å². The van der Waals surface area contributed by atoms with Gasteiger partial charge in [-0.05, 0) is 40.3 Å². The summed E-state index contributed by atoms with van der Waals surface area (Å²) in [5, 5.41) is 8.46. The maximum absolute atomic E-state index is 12.4. The van der Waals surface area contributed by atoms with Crippen LogP contribution in [-0.2, 0) is 13.1 Å². The van der Waals surface area contributed by atoms with E-state index in [0.717, 1.165) is 9.39 Å². The lowest BCUT2D eigenvalue weighted by Crippen LogP contribution is -2.26. The first-order valence-corrected chi connectivity index (χ1v) is 8.65. The second kappa shape index (κ2) is 7.57. The van der Waals surface area contributed by atoms with Crippen LogP contribution in [0.2, 0.25) is 0 Å². The summed E-state index contributed by atoms with van der Waals surface area (Å²) < 4.78 is 2.80. The highest BCUT2D eigenvalue weighted by Crippen LogP contribution is 2.14. The van der Waals surface area contributed by atoms with Gasteiger partial charge in [0.1, 0.15) is 9.39 Å². The summed E-state index contributed by atoms with van der Waals surface area (Å²) in [5.74, 6) is -0.0241. The molecule has 1 aromatic heterocycles. The predicted molar refractivity (Wildman–Crippen MR) is 101 cm³/mol. The van der Waals surface area contributed by atoms with E-state index in [0.29, 0.717) is 18.7 Å². The van der Waals surface area contributed by atoms with Crippen LogP contribution < -0.4 is 0 Å². The van der Waals surface area contributed by atoms with Crippen molar-refractivity contribution >= 4 is 28.5 Å². The largest absolute Gasteiger partial charge is 0.336 e. The molecule has 0 atom stereocenters. The molecule has 0 spiro atoms. The molecule has 0 aliphatic heterocycles. The summed E-state index contributed by atoms with van der Waals surface area (Å²) in [4.78, 5) is 14.1. The Morgan fingerprint density at radius 3 is 2.38 bits per heavy atom. The van der Waals surface area contributed by atoms with Gasteiger partial charge in [-0.3, -0.25) is 4.79 Å². The second-order valence-corrected chi connectivity index (χ2v) is 6.52. The van der Waals surface area contributed by atoms with Crippen LogP contribution in [0.3, 0.4) is 0 Å². The van der Waals surface area contributed by atoms with Crippen molar-refractivity contribution in [1.29, 1.82) is 0 Å². The van der Waals surface area contributed by atoms with Crippen LogP contribution in [0.5, 0.6) is 0 Å². The second-order valence-electron chi connectivity index (χ2n) is 5.50. The number of amides is 1. The Bertz CT molecular complexity index is 818. The molecule has 0 N–H and O–H groups in total. The summed E-state index contributed by atoms with van der Waals surface area (Å²) in [7, 11) is 1.78. The maximum Gasteiger partial charge on any atom is 0.253 e. The van der Waals surface area contributed by atoms with Crippen molar-refractivity contribution in [2.75, 3.05) is 7.05 Å². The summed E-state index contributed by atoms with van der Waals surface area (Å²) in [6.07, 6.45) is 0. The van der Waals surface area contributed by atoms with E-state index in [-0.39, 0.29) is 5.91 Å². The lowest BCUT2D eigenvalue weighted by molar-refractivity contribution is 0.0783. The predicted octanol–water partition coefficient (Wildman–Crippen LogP) is 3.20. The van der Waals surface area contributed by atoms with Crippen LogP contribution in [0.4, 0.5) is 0 Å². The molecule has 6 heteroatoms. The Morgan fingerprint density at radius 1 is 1.08 bits per heavy atom. The monoisotopic (exact) mass is 430 g/mol. The standard InChI is InChI=1S/C18H17IN4O/c1-22(18(24)15-10-6-3-7-11-15)13-16-17(19)23(21-20-16)12-14-8-4-2-5-9-14/h2-11H,12-13H2,1H3/i19-2. The quantitative estimate of drug-likeness (QED) is 0.585. The average molecular weight is 430 g/mol. The molecule has 0 aliphatic carbocycles. The van der Waals surface area contributed by atoms with Crippen LogP contribution >= 0.6 is 22.6 Å². The van der Waals surface area contributed by atoms with Gasteiger partial charge in [0.2, 0.25) is 0 Å². The lowest BCUT2D eigenvalue weighted by atomic mass is 10.2. The van der Waals surface area contributed by atoms with Crippen LogP contribution in [0.15, 0.2) is 60.7 Å². The molecular weight excluding hydrogens is 413 g/mol. The number of benzene rings is 2. The van der Waals surface area contributed by atoms with Crippen molar-refractivity contribution in [3.63, 3.8) is 0 Å². The fraction of sp³-hybridized carbons (Fsp3) is 0.167. The van der Waals surface area contributed by atoms with Crippen molar-refractivity contribution < 1.29 is 4.79 Å². The molecule has 122 valence electrons. The van der Waals surface area contributed by atoms with Gasteiger partial charge in [-0.25, -0.2) is 4.68 Å². The SMILES string of the molecule is CN(Cc1nnn(Cc2ccccc2)c1[125I])C(=O)c1ccccc1. The van der Waals surface area contributed by atoms with E-state index in [9.17, 15) is 4.79 Å². The topological polar surface area (TPSA) is 51.0 Å². The Kier molecular flexibility index (Phi) is 5.24. The van der Waals surface area contributed by atoms with E-state index < -0.39 is 0 Å². The molecule has 5 nitrogen and oxygen atoms in total. The molecule has 3 aromatic rings. The molecule has 0 aliphatic rings. The number of hydrogen-bond donors (Lipinski definition) is 0. The number of hydrogen-bond acceptors (Lipinski definition) is 3. The minimum absolute atomic E-state index is 0.0241. The number of carbonyl (C=O) groups is 1. The van der Waals surface area contributed by atoms with Crippen molar-refractivity contribution in [1.82, 2.24) is 19.9 Å². The summed E-state index contributed by atoms with van der Waals surface area (Å²) >= 11 is 2.23. The van der Waals surface area contributed by atoms with Gasteiger partial charge in [0.25, 0.3) is 5.91 Å². The number of aromatic nitrogens is 3. The average Bonchev–Trinajstić information content (AvgIpc) is 2.96. The minimum Gasteiger partial charge on any atom is -0.336 e. The molecule has 1 heterocycles. The number of carbonyl (C=O) groups excluding carboxylic acids is 1. The molecule has 0 unspecified atom stereocenters. The fourth-order valence-corrected chi connectivity index (χ4v) is 2.93. The van der Waals surface area contributed by atoms with Crippen LogP contribution in [0.1, 0.15) is 21.6 Å². The van der Waals surface area contributed by atoms with Gasteiger partial charge in [-0.1, -0.05) is 53.7 Å². The zero-order valence-electron chi connectivity index (χ0n) is 13.3. The highest BCUT2D eigenvalue weighted by molar-refractivity contribution is 14.1. The highest BCUT2D eigenvalue weighted by atomic mass is 125. The van der Waals surface area contributed by atoms with Gasteiger partial charge in [0.05, 0.1) is 13.1 Å². The first kappa shape index (κ1) is 16.6. The highest BCUT2D eigenvalue weighted by Gasteiger charge is 2.17. The van der Waals surface area contributed by atoms with Gasteiger partial charge in [0.15, 0.2) is 0 Å². The third-order valence-electron chi connectivity index (χ3n) is 3.67. The Balaban J connectivity index is 1.71. The maximum atomic E-state index is 12.4. The number of rotatable bonds is 5. The molecule has 0 radical (unpaired) electrons. The smallest absolute Gasteiger partial charge is 0.253 e. The summed E-state index contributed by atoms with van der Waals surface area (Å²) in [6.45, 7) is 1.10. The molecule has 1 amide bonds. The van der Waals surface area contributed by atoms with Crippen molar-refractivity contribution in [3.8, 4) is 0 Å². The van der Waals surface area contributed by atoms with E-state index >= 15 is 0 Å². The van der Waals surface area contributed by atoms with E-state index in [4.69, 9.17) is 0 Å². The number of nitrogens with zero attached hydrogens (tertiary/aromatic N) is 4. The van der Waals surface area contributed by atoms with Crippen LogP contribution in [-0.4, -0.2) is 32.8 Å². The zero-order chi connectivity index (χ0) is 16.9. The van der Waals surface area contributed by atoms with Crippen LogP contribution in [0.25, 0.3) is 0 Å². The van der Waals surface area contributed by atoms with Crippen molar-refractivity contribution in [3.05, 3.63) is 81.2 Å². The first-order valence-electron chi connectivity index (χ1n) is 7.57. The van der Waals surface area contributed by atoms with Gasteiger partial charge in [-0.2, -0.15) is 0 Å². The molecule has 0 saturated carbocycles. The van der Waals surface area contributed by atoms with Crippen LogP contribution in [0, 0.1) is 3.70 Å².